The second kappa shape index (κ2) is 12.8. The van der Waals surface area contributed by atoms with E-state index in [1.807, 2.05) is 12.1 Å². The number of rotatable bonds is 10. The van der Waals surface area contributed by atoms with Crippen LogP contribution in [0.1, 0.15) is 42.6 Å². The van der Waals surface area contributed by atoms with Gasteiger partial charge in [-0.05, 0) is 63.2 Å². The maximum Gasteiger partial charge on any atom is 0.251 e. The van der Waals surface area contributed by atoms with Gasteiger partial charge >= 0.3 is 0 Å². The molecule has 0 aliphatic carbocycles. The Labute approximate surface area is 202 Å². The highest BCUT2D eigenvalue weighted by atomic mass is 32.2. The smallest absolute Gasteiger partial charge is 0.251 e. The van der Waals surface area contributed by atoms with Gasteiger partial charge < -0.3 is 20.4 Å². The van der Waals surface area contributed by atoms with Gasteiger partial charge in [0.25, 0.3) is 5.91 Å². The number of piperazine rings is 1. The molecule has 0 atom stereocenters. The highest BCUT2D eigenvalue weighted by Crippen LogP contribution is 2.34. The molecule has 1 saturated heterocycles. The zero-order valence-electron chi connectivity index (χ0n) is 20.0. The molecular formula is C26H36N4O2S. The van der Waals surface area contributed by atoms with Gasteiger partial charge in [-0.25, -0.2) is 0 Å². The van der Waals surface area contributed by atoms with Crippen LogP contribution in [0.4, 0.5) is 5.69 Å². The lowest BCUT2D eigenvalue weighted by Gasteiger charge is -2.34. The van der Waals surface area contributed by atoms with Crippen LogP contribution < -0.4 is 10.6 Å². The van der Waals surface area contributed by atoms with Crippen molar-refractivity contribution in [3.8, 4) is 0 Å². The molecule has 6 nitrogen and oxygen atoms in total. The predicted octanol–water partition coefficient (Wildman–Crippen LogP) is 4.25. The van der Waals surface area contributed by atoms with Crippen molar-refractivity contribution in [2.75, 3.05) is 51.1 Å². The molecule has 2 N–H and O–H groups in total. The highest BCUT2D eigenvalue weighted by Gasteiger charge is 2.16. The molecule has 1 fully saturated rings. The number of carbonyl (C=O) groups excluding carboxylic acids is 2. The zero-order valence-corrected chi connectivity index (χ0v) is 20.8. The predicted molar refractivity (Wildman–Crippen MR) is 136 cm³/mol. The Balaban J connectivity index is 1.52. The van der Waals surface area contributed by atoms with Crippen LogP contribution in [0.2, 0.25) is 0 Å². The van der Waals surface area contributed by atoms with Crippen LogP contribution >= 0.6 is 11.8 Å². The molecular weight excluding hydrogens is 432 g/mol. The minimum Gasteiger partial charge on any atom is -0.352 e. The fourth-order valence-electron chi connectivity index (χ4n) is 3.94. The first-order valence-electron chi connectivity index (χ1n) is 11.8. The molecule has 1 heterocycles. The summed E-state index contributed by atoms with van der Waals surface area (Å²) in [5, 5.41) is 5.90. The maximum atomic E-state index is 12.7. The summed E-state index contributed by atoms with van der Waals surface area (Å²) in [6, 6.07) is 13.7. The fourth-order valence-corrected chi connectivity index (χ4v) is 4.82. The third-order valence-corrected chi connectivity index (χ3v) is 6.83. The molecule has 0 unspecified atom stereocenters. The highest BCUT2D eigenvalue weighted by molar-refractivity contribution is 7.99. The number of hydrogen-bond donors (Lipinski definition) is 2. The first kappa shape index (κ1) is 25.3. The molecule has 2 aromatic carbocycles. The molecule has 0 bridgehead atoms. The van der Waals surface area contributed by atoms with Crippen molar-refractivity contribution in [3.63, 3.8) is 0 Å². The molecule has 1 aliphatic heterocycles. The van der Waals surface area contributed by atoms with Gasteiger partial charge in [0.15, 0.2) is 0 Å². The molecule has 2 amide bonds. The van der Waals surface area contributed by atoms with Crippen LogP contribution in [0, 0.1) is 6.92 Å². The molecule has 3 rings (SSSR count). The Kier molecular flexibility index (Phi) is 9.78. The van der Waals surface area contributed by atoms with E-state index in [2.05, 4.69) is 58.5 Å². The van der Waals surface area contributed by atoms with Crippen LogP contribution in [-0.4, -0.2) is 67.4 Å². The Morgan fingerprint density at radius 2 is 1.64 bits per heavy atom. The first-order valence-corrected chi connectivity index (χ1v) is 12.7. The third kappa shape index (κ3) is 8.18. The molecule has 7 heteroatoms. The van der Waals surface area contributed by atoms with E-state index >= 15 is 0 Å². The van der Waals surface area contributed by atoms with Gasteiger partial charge in [0, 0.05) is 55.0 Å². The molecule has 1 aliphatic rings. The van der Waals surface area contributed by atoms with Crippen molar-refractivity contribution in [2.45, 2.75) is 43.4 Å². The van der Waals surface area contributed by atoms with Crippen molar-refractivity contribution >= 4 is 29.3 Å². The normalized spacial score (nSPS) is 14.8. The van der Waals surface area contributed by atoms with E-state index in [1.54, 1.807) is 17.8 Å². The van der Waals surface area contributed by atoms with E-state index in [0.717, 1.165) is 48.9 Å². The van der Waals surface area contributed by atoms with E-state index in [-0.39, 0.29) is 11.8 Å². The summed E-state index contributed by atoms with van der Waals surface area (Å²) >= 11 is 1.57. The fraction of sp³-hybridized carbons (Fsp3) is 0.462. The molecule has 0 saturated carbocycles. The SMILES string of the molecule is CCCN1CCN(CCCNC(=O)c2ccc(Sc3ccc(C)cc3)c(NC(C)=O)c2)CC1. The van der Waals surface area contributed by atoms with Crippen molar-refractivity contribution in [1.29, 1.82) is 0 Å². The number of anilines is 1. The van der Waals surface area contributed by atoms with Crippen molar-refractivity contribution < 1.29 is 9.59 Å². The van der Waals surface area contributed by atoms with Crippen LogP contribution in [0.5, 0.6) is 0 Å². The largest absolute Gasteiger partial charge is 0.352 e. The molecule has 2 aromatic rings. The quantitative estimate of drug-likeness (QED) is 0.511. The minimum absolute atomic E-state index is 0.110. The van der Waals surface area contributed by atoms with Gasteiger partial charge in [0.05, 0.1) is 5.69 Å². The van der Waals surface area contributed by atoms with Crippen molar-refractivity contribution in [1.82, 2.24) is 15.1 Å². The summed E-state index contributed by atoms with van der Waals surface area (Å²) in [7, 11) is 0. The number of carbonyl (C=O) groups is 2. The van der Waals surface area contributed by atoms with Gasteiger partial charge in [0.1, 0.15) is 0 Å². The van der Waals surface area contributed by atoms with E-state index in [0.29, 0.717) is 17.8 Å². The van der Waals surface area contributed by atoms with Crippen molar-refractivity contribution in [2.24, 2.45) is 0 Å². The summed E-state index contributed by atoms with van der Waals surface area (Å²) in [6.45, 7) is 13.1. The first-order chi connectivity index (χ1) is 15.9. The van der Waals surface area contributed by atoms with Crippen LogP contribution in [0.3, 0.4) is 0 Å². The second-order valence-corrected chi connectivity index (χ2v) is 9.72. The maximum absolute atomic E-state index is 12.7. The van der Waals surface area contributed by atoms with E-state index in [1.165, 1.54) is 25.5 Å². The summed E-state index contributed by atoms with van der Waals surface area (Å²) in [4.78, 5) is 31.4. The topological polar surface area (TPSA) is 64.7 Å². The van der Waals surface area contributed by atoms with Crippen LogP contribution in [0.25, 0.3) is 0 Å². The van der Waals surface area contributed by atoms with Gasteiger partial charge in [-0.3, -0.25) is 9.59 Å². The summed E-state index contributed by atoms with van der Waals surface area (Å²) in [6.07, 6.45) is 2.14. The molecule has 0 radical (unpaired) electrons. The lowest BCUT2D eigenvalue weighted by Crippen LogP contribution is -2.47. The monoisotopic (exact) mass is 468 g/mol. The third-order valence-electron chi connectivity index (χ3n) is 5.74. The summed E-state index contributed by atoms with van der Waals surface area (Å²) in [5.74, 6) is -0.265. The summed E-state index contributed by atoms with van der Waals surface area (Å²) in [5.41, 5.74) is 2.41. The standard InChI is InChI=1S/C26H36N4O2S/c1-4-13-29-15-17-30(18-16-29)14-5-12-27-26(32)22-8-11-25(24(19-22)28-21(3)31)33-23-9-6-20(2)7-10-23/h6-11,19H,4-5,12-18H2,1-3H3,(H,27,32)(H,28,31). The summed E-state index contributed by atoms with van der Waals surface area (Å²) < 4.78 is 0. The van der Waals surface area contributed by atoms with Crippen LogP contribution in [0.15, 0.2) is 52.3 Å². The van der Waals surface area contributed by atoms with Crippen LogP contribution in [-0.2, 0) is 4.79 Å². The van der Waals surface area contributed by atoms with Gasteiger partial charge in [-0.1, -0.05) is 36.4 Å². The minimum atomic E-state index is -0.155. The Morgan fingerprint density at radius 3 is 2.27 bits per heavy atom. The number of nitrogens with one attached hydrogen (secondary N) is 2. The lowest BCUT2D eigenvalue weighted by atomic mass is 10.2. The van der Waals surface area contributed by atoms with E-state index in [4.69, 9.17) is 0 Å². The van der Waals surface area contributed by atoms with Gasteiger partial charge in [-0.15, -0.1) is 0 Å². The number of hydrogen-bond acceptors (Lipinski definition) is 5. The second-order valence-electron chi connectivity index (χ2n) is 8.60. The molecule has 33 heavy (non-hydrogen) atoms. The number of amides is 2. The van der Waals surface area contributed by atoms with E-state index in [9.17, 15) is 9.59 Å². The lowest BCUT2D eigenvalue weighted by molar-refractivity contribution is -0.114. The van der Waals surface area contributed by atoms with Crippen molar-refractivity contribution in [3.05, 3.63) is 53.6 Å². The number of nitrogens with zero attached hydrogens (tertiary/aromatic N) is 2. The van der Waals surface area contributed by atoms with Gasteiger partial charge in [0.2, 0.25) is 5.91 Å². The molecule has 0 spiro atoms. The molecule has 0 aromatic heterocycles. The molecule has 178 valence electrons. The number of aryl methyl sites for hydroxylation is 1. The Morgan fingerprint density at radius 1 is 0.970 bits per heavy atom. The Bertz CT molecular complexity index is 924. The average molecular weight is 469 g/mol. The van der Waals surface area contributed by atoms with E-state index < -0.39 is 0 Å². The van der Waals surface area contributed by atoms with Gasteiger partial charge in [-0.2, -0.15) is 0 Å². The number of benzene rings is 2. The average Bonchev–Trinajstić information content (AvgIpc) is 2.80. The zero-order chi connectivity index (χ0) is 23.6. The Hall–Kier alpha value is -2.35.